The molecule has 1 aliphatic rings. The van der Waals surface area contributed by atoms with Gasteiger partial charge in [-0.25, -0.2) is 0 Å². The fourth-order valence-electron chi connectivity index (χ4n) is 2.39. The zero-order valence-electron chi connectivity index (χ0n) is 11.6. The van der Waals surface area contributed by atoms with Gasteiger partial charge in [0.05, 0.1) is 7.11 Å². The summed E-state index contributed by atoms with van der Waals surface area (Å²) in [5.74, 6) is 1.50. The Morgan fingerprint density at radius 1 is 0.952 bits per heavy atom. The molecule has 0 fully saturated rings. The van der Waals surface area contributed by atoms with Crippen LogP contribution in [-0.2, 0) is 12.8 Å². The van der Waals surface area contributed by atoms with E-state index in [1.807, 2.05) is 18.2 Å². The van der Waals surface area contributed by atoms with Crippen molar-refractivity contribution >= 4 is 0 Å². The van der Waals surface area contributed by atoms with E-state index < -0.39 is 0 Å². The SMILES string of the molecule is COc1c(O)cc(CCc2ccc3c(c2)OCO3)cc1O. The van der Waals surface area contributed by atoms with Crippen LogP contribution in [0.15, 0.2) is 30.3 Å². The van der Waals surface area contributed by atoms with Crippen molar-refractivity contribution in [1.82, 2.24) is 0 Å². The first-order valence-corrected chi connectivity index (χ1v) is 6.65. The molecule has 0 bridgehead atoms. The number of aromatic hydroxyl groups is 2. The zero-order chi connectivity index (χ0) is 14.8. The van der Waals surface area contributed by atoms with Crippen LogP contribution in [0.3, 0.4) is 0 Å². The molecular weight excluding hydrogens is 272 g/mol. The van der Waals surface area contributed by atoms with Crippen LogP contribution in [0.5, 0.6) is 28.7 Å². The molecule has 5 nitrogen and oxygen atoms in total. The van der Waals surface area contributed by atoms with Crippen LogP contribution in [0.1, 0.15) is 11.1 Å². The second-order valence-corrected chi connectivity index (χ2v) is 4.85. The average Bonchev–Trinajstić information content (AvgIpc) is 2.92. The Hall–Kier alpha value is -2.56. The van der Waals surface area contributed by atoms with Crippen LogP contribution in [0.25, 0.3) is 0 Å². The molecule has 0 radical (unpaired) electrons. The van der Waals surface area contributed by atoms with Crippen molar-refractivity contribution < 1.29 is 24.4 Å². The van der Waals surface area contributed by atoms with Gasteiger partial charge in [0.2, 0.25) is 12.5 Å². The van der Waals surface area contributed by atoms with Crippen LogP contribution in [0.2, 0.25) is 0 Å². The van der Waals surface area contributed by atoms with E-state index in [2.05, 4.69) is 0 Å². The van der Waals surface area contributed by atoms with Crippen molar-refractivity contribution in [2.24, 2.45) is 0 Å². The molecule has 2 aromatic carbocycles. The number of methoxy groups -OCH3 is 1. The summed E-state index contributed by atoms with van der Waals surface area (Å²) in [5.41, 5.74) is 1.94. The summed E-state index contributed by atoms with van der Waals surface area (Å²) in [7, 11) is 1.40. The summed E-state index contributed by atoms with van der Waals surface area (Å²) < 4.78 is 15.5. The molecule has 0 aromatic heterocycles. The summed E-state index contributed by atoms with van der Waals surface area (Å²) in [6.45, 7) is 0.263. The maximum Gasteiger partial charge on any atom is 0.231 e. The maximum atomic E-state index is 9.77. The first kappa shape index (κ1) is 13.4. The first-order chi connectivity index (χ1) is 10.2. The molecule has 0 spiro atoms. The lowest BCUT2D eigenvalue weighted by Gasteiger charge is -2.09. The number of phenolic OH excluding ortho intramolecular Hbond substituents is 2. The van der Waals surface area contributed by atoms with E-state index in [0.29, 0.717) is 6.42 Å². The Balaban J connectivity index is 1.73. The topological polar surface area (TPSA) is 68.2 Å². The van der Waals surface area contributed by atoms with E-state index in [9.17, 15) is 10.2 Å². The molecule has 110 valence electrons. The van der Waals surface area contributed by atoms with Gasteiger partial charge in [0, 0.05) is 0 Å². The second-order valence-electron chi connectivity index (χ2n) is 4.85. The maximum absolute atomic E-state index is 9.77. The van der Waals surface area contributed by atoms with Crippen LogP contribution in [0.4, 0.5) is 0 Å². The van der Waals surface area contributed by atoms with Gasteiger partial charge in [-0.15, -0.1) is 0 Å². The highest BCUT2D eigenvalue weighted by Crippen LogP contribution is 2.37. The van der Waals surface area contributed by atoms with Crippen molar-refractivity contribution in [3.05, 3.63) is 41.5 Å². The largest absolute Gasteiger partial charge is 0.504 e. The number of hydrogen-bond donors (Lipinski definition) is 2. The molecule has 3 rings (SSSR count). The summed E-state index contributed by atoms with van der Waals surface area (Å²) in [6.07, 6.45) is 1.45. The Labute approximate surface area is 122 Å². The lowest BCUT2D eigenvalue weighted by Crippen LogP contribution is -1.94. The van der Waals surface area contributed by atoms with Gasteiger partial charge in [0.25, 0.3) is 0 Å². The number of hydrogen-bond acceptors (Lipinski definition) is 5. The van der Waals surface area contributed by atoms with Gasteiger partial charge < -0.3 is 24.4 Å². The van der Waals surface area contributed by atoms with Crippen molar-refractivity contribution in [2.45, 2.75) is 12.8 Å². The van der Waals surface area contributed by atoms with Crippen molar-refractivity contribution in [3.63, 3.8) is 0 Å². The van der Waals surface area contributed by atoms with Gasteiger partial charge in [0.1, 0.15) is 0 Å². The highest BCUT2D eigenvalue weighted by Gasteiger charge is 2.14. The molecule has 0 aliphatic carbocycles. The van der Waals surface area contributed by atoms with E-state index in [-0.39, 0.29) is 24.0 Å². The fourth-order valence-corrected chi connectivity index (χ4v) is 2.39. The Bertz CT molecular complexity index is 643. The number of aryl methyl sites for hydroxylation is 2. The molecule has 2 N–H and O–H groups in total. The van der Waals surface area contributed by atoms with E-state index >= 15 is 0 Å². The molecule has 0 saturated heterocycles. The summed E-state index contributed by atoms with van der Waals surface area (Å²) >= 11 is 0. The molecule has 1 aliphatic heterocycles. The molecule has 1 heterocycles. The van der Waals surface area contributed by atoms with Gasteiger partial charge in [-0.1, -0.05) is 6.07 Å². The number of rotatable bonds is 4. The highest BCUT2D eigenvalue weighted by molar-refractivity contribution is 5.52. The molecule has 0 amide bonds. The van der Waals surface area contributed by atoms with Crippen LogP contribution >= 0.6 is 0 Å². The van der Waals surface area contributed by atoms with E-state index in [1.165, 1.54) is 7.11 Å². The third kappa shape index (κ3) is 2.67. The summed E-state index contributed by atoms with van der Waals surface area (Å²) in [5, 5.41) is 19.5. The van der Waals surface area contributed by atoms with E-state index in [4.69, 9.17) is 14.2 Å². The first-order valence-electron chi connectivity index (χ1n) is 6.65. The molecule has 0 unspecified atom stereocenters. The predicted molar refractivity (Wildman–Crippen MR) is 76.3 cm³/mol. The van der Waals surface area contributed by atoms with Crippen LogP contribution in [0, 0.1) is 0 Å². The third-order valence-corrected chi connectivity index (χ3v) is 3.45. The molecular formula is C16H16O5. The van der Waals surface area contributed by atoms with Crippen molar-refractivity contribution in [3.8, 4) is 28.7 Å². The van der Waals surface area contributed by atoms with E-state index in [0.717, 1.165) is 29.0 Å². The summed E-state index contributed by atoms with van der Waals surface area (Å²) in [4.78, 5) is 0. The predicted octanol–water partition coefficient (Wildman–Crippen LogP) is 2.62. The van der Waals surface area contributed by atoms with Crippen LogP contribution < -0.4 is 14.2 Å². The number of phenols is 2. The minimum absolute atomic E-state index is 0.0572. The lowest BCUT2D eigenvalue weighted by molar-refractivity contribution is 0.174. The average molecular weight is 288 g/mol. The van der Waals surface area contributed by atoms with Gasteiger partial charge in [-0.2, -0.15) is 0 Å². The Kier molecular flexibility index (Phi) is 3.48. The minimum Gasteiger partial charge on any atom is -0.504 e. The van der Waals surface area contributed by atoms with Crippen LogP contribution in [-0.4, -0.2) is 24.1 Å². The Morgan fingerprint density at radius 2 is 1.62 bits per heavy atom. The minimum atomic E-state index is -0.0572. The van der Waals surface area contributed by atoms with Gasteiger partial charge in [0.15, 0.2) is 23.0 Å². The monoisotopic (exact) mass is 288 g/mol. The highest BCUT2D eigenvalue weighted by atomic mass is 16.7. The molecule has 0 atom stereocenters. The van der Waals surface area contributed by atoms with Gasteiger partial charge in [-0.05, 0) is 48.2 Å². The summed E-state index contributed by atoms with van der Waals surface area (Å²) in [6, 6.07) is 9.03. The van der Waals surface area contributed by atoms with Gasteiger partial charge in [-0.3, -0.25) is 0 Å². The third-order valence-electron chi connectivity index (χ3n) is 3.45. The Morgan fingerprint density at radius 3 is 2.33 bits per heavy atom. The number of ether oxygens (including phenoxy) is 3. The quantitative estimate of drug-likeness (QED) is 0.905. The number of benzene rings is 2. The molecule has 0 saturated carbocycles. The lowest BCUT2D eigenvalue weighted by atomic mass is 10.0. The normalized spacial score (nSPS) is 12.4. The van der Waals surface area contributed by atoms with Gasteiger partial charge >= 0.3 is 0 Å². The zero-order valence-corrected chi connectivity index (χ0v) is 11.6. The number of fused-ring (bicyclic) bond motifs is 1. The fraction of sp³-hybridized carbons (Fsp3) is 0.250. The standard InChI is InChI=1S/C16H16O5/c1-19-16-12(17)6-11(7-13(16)18)3-2-10-4-5-14-15(8-10)21-9-20-14/h4-8,17-18H,2-3,9H2,1H3. The van der Waals surface area contributed by atoms with Crippen molar-refractivity contribution in [1.29, 1.82) is 0 Å². The molecule has 2 aromatic rings. The smallest absolute Gasteiger partial charge is 0.231 e. The molecule has 21 heavy (non-hydrogen) atoms. The van der Waals surface area contributed by atoms with E-state index in [1.54, 1.807) is 12.1 Å². The van der Waals surface area contributed by atoms with Crippen molar-refractivity contribution in [2.75, 3.05) is 13.9 Å². The molecule has 5 heteroatoms. The second kappa shape index (κ2) is 5.44.